The Bertz CT molecular complexity index is 528. The number of carbonyl (C=O) groups excluding carboxylic acids is 1. The molecule has 1 amide bonds. The van der Waals surface area contributed by atoms with Crippen LogP contribution in [0.3, 0.4) is 0 Å². The van der Waals surface area contributed by atoms with Crippen LogP contribution in [0, 0.1) is 5.92 Å². The van der Waals surface area contributed by atoms with Crippen molar-refractivity contribution in [3.05, 3.63) is 0 Å². The van der Waals surface area contributed by atoms with Crippen LogP contribution < -0.4 is 10.6 Å². The lowest BCUT2D eigenvalue weighted by molar-refractivity contribution is -0.133. The summed E-state index contributed by atoms with van der Waals surface area (Å²) in [6.45, 7) is 10.7. The van der Waals surface area contributed by atoms with Gasteiger partial charge in [0.2, 0.25) is 5.91 Å². The van der Waals surface area contributed by atoms with Gasteiger partial charge in [-0.15, -0.1) is 0 Å². The van der Waals surface area contributed by atoms with Gasteiger partial charge in [-0.3, -0.25) is 10.1 Å². The second kappa shape index (κ2) is 9.05. The van der Waals surface area contributed by atoms with Crippen molar-refractivity contribution in [3.8, 4) is 0 Å². The first kappa shape index (κ1) is 20.8. The van der Waals surface area contributed by atoms with Crippen LogP contribution >= 0.6 is 12.2 Å². The Hall–Kier alpha value is -0.920. The average molecular weight is 397 g/mol. The SMILES string of the molecule is CCCCN1C(=O)C(C(C)C)NC12CCN(C(=S)NCC1CCCO1)CC2. The Kier molecular flexibility index (Phi) is 6.98. The molecule has 3 aliphatic rings. The summed E-state index contributed by atoms with van der Waals surface area (Å²) >= 11 is 5.62. The molecule has 7 heteroatoms. The summed E-state index contributed by atoms with van der Waals surface area (Å²) in [6.07, 6.45) is 6.58. The van der Waals surface area contributed by atoms with Gasteiger partial charge in [0, 0.05) is 45.6 Å². The van der Waals surface area contributed by atoms with Gasteiger partial charge in [0.25, 0.3) is 0 Å². The quantitative estimate of drug-likeness (QED) is 0.671. The second-order valence-corrected chi connectivity index (χ2v) is 8.94. The largest absolute Gasteiger partial charge is 0.376 e. The number of amides is 1. The number of hydrogen-bond acceptors (Lipinski definition) is 4. The Morgan fingerprint density at radius 1 is 1.41 bits per heavy atom. The molecule has 27 heavy (non-hydrogen) atoms. The lowest BCUT2D eigenvalue weighted by Crippen LogP contribution is -2.60. The third-order valence-electron chi connectivity index (χ3n) is 6.26. The van der Waals surface area contributed by atoms with Gasteiger partial charge in [-0.25, -0.2) is 0 Å². The van der Waals surface area contributed by atoms with Crippen molar-refractivity contribution in [2.24, 2.45) is 5.92 Å². The lowest BCUT2D eigenvalue weighted by atomic mass is 9.95. The molecule has 2 atom stereocenters. The molecule has 3 rings (SSSR count). The minimum atomic E-state index is -0.193. The number of rotatable bonds is 6. The summed E-state index contributed by atoms with van der Waals surface area (Å²) in [7, 11) is 0. The second-order valence-electron chi connectivity index (χ2n) is 8.55. The van der Waals surface area contributed by atoms with E-state index in [-0.39, 0.29) is 17.6 Å². The zero-order chi connectivity index (χ0) is 19.4. The van der Waals surface area contributed by atoms with E-state index < -0.39 is 0 Å². The van der Waals surface area contributed by atoms with Gasteiger partial charge in [0.1, 0.15) is 0 Å². The van der Waals surface area contributed by atoms with Crippen molar-refractivity contribution in [1.29, 1.82) is 0 Å². The fourth-order valence-corrected chi connectivity index (χ4v) is 4.78. The fourth-order valence-electron chi connectivity index (χ4n) is 4.51. The summed E-state index contributed by atoms with van der Waals surface area (Å²) in [5.74, 6) is 0.596. The molecule has 0 aromatic rings. The topological polar surface area (TPSA) is 56.8 Å². The molecule has 2 N–H and O–H groups in total. The fraction of sp³-hybridized carbons (Fsp3) is 0.900. The van der Waals surface area contributed by atoms with E-state index in [1.165, 1.54) is 0 Å². The highest BCUT2D eigenvalue weighted by molar-refractivity contribution is 7.80. The maximum Gasteiger partial charge on any atom is 0.241 e. The number of unbranched alkanes of at least 4 members (excludes halogenated alkanes) is 1. The molecule has 0 bridgehead atoms. The van der Waals surface area contributed by atoms with Crippen LogP contribution in [0.25, 0.3) is 0 Å². The Balaban J connectivity index is 1.57. The molecule has 154 valence electrons. The van der Waals surface area contributed by atoms with Crippen LogP contribution in [0.5, 0.6) is 0 Å². The van der Waals surface area contributed by atoms with Crippen molar-refractivity contribution in [1.82, 2.24) is 20.4 Å². The van der Waals surface area contributed by atoms with Crippen LogP contribution in [-0.2, 0) is 9.53 Å². The third kappa shape index (κ3) is 4.57. The van der Waals surface area contributed by atoms with Gasteiger partial charge in [0.15, 0.2) is 5.11 Å². The molecule has 0 aromatic heterocycles. The zero-order valence-electron chi connectivity index (χ0n) is 17.1. The first-order chi connectivity index (χ1) is 13.0. The smallest absolute Gasteiger partial charge is 0.241 e. The summed E-state index contributed by atoms with van der Waals surface area (Å²) in [4.78, 5) is 17.4. The maximum atomic E-state index is 13.0. The molecule has 3 aliphatic heterocycles. The predicted octanol–water partition coefficient (Wildman–Crippen LogP) is 2.09. The number of thiocarbonyl (C=S) groups is 1. The standard InChI is InChI=1S/C20H36N4O2S/c1-4-5-10-24-18(25)17(15(2)3)22-20(24)8-11-23(12-9-20)19(27)21-14-16-7-6-13-26-16/h15-17,22H,4-14H2,1-3H3,(H,21,27). The average Bonchev–Trinajstić information content (AvgIpc) is 3.26. The Morgan fingerprint density at radius 3 is 2.74 bits per heavy atom. The van der Waals surface area contributed by atoms with E-state index in [4.69, 9.17) is 17.0 Å². The molecule has 0 radical (unpaired) electrons. The monoisotopic (exact) mass is 396 g/mol. The summed E-state index contributed by atoms with van der Waals surface area (Å²) in [5.41, 5.74) is -0.193. The molecule has 3 heterocycles. The molecular weight excluding hydrogens is 360 g/mol. The van der Waals surface area contributed by atoms with E-state index in [0.29, 0.717) is 12.0 Å². The van der Waals surface area contributed by atoms with Crippen molar-refractivity contribution in [2.75, 3.05) is 32.8 Å². The molecule has 1 spiro atoms. The highest BCUT2D eigenvalue weighted by atomic mass is 32.1. The van der Waals surface area contributed by atoms with E-state index >= 15 is 0 Å². The van der Waals surface area contributed by atoms with Gasteiger partial charge < -0.3 is 19.9 Å². The molecule has 3 saturated heterocycles. The van der Waals surface area contributed by atoms with Crippen LogP contribution in [0.4, 0.5) is 0 Å². The molecule has 0 aromatic carbocycles. The number of nitrogens with one attached hydrogen (secondary N) is 2. The van der Waals surface area contributed by atoms with Gasteiger partial charge in [0.05, 0.1) is 17.8 Å². The van der Waals surface area contributed by atoms with Crippen LogP contribution in [0.2, 0.25) is 0 Å². The Morgan fingerprint density at radius 2 is 2.15 bits per heavy atom. The van der Waals surface area contributed by atoms with E-state index in [2.05, 4.69) is 41.2 Å². The van der Waals surface area contributed by atoms with Gasteiger partial charge >= 0.3 is 0 Å². The Labute approximate surface area is 169 Å². The predicted molar refractivity (Wildman–Crippen MR) is 111 cm³/mol. The van der Waals surface area contributed by atoms with E-state index in [0.717, 1.165) is 76.4 Å². The summed E-state index contributed by atoms with van der Waals surface area (Å²) in [6, 6.07) is -0.0574. The normalized spacial score (nSPS) is 27.8. The molecular formula is C20H36N4O2S. The molecule has 0 saturated carbocycles. The van der Waals surface area contributed by atoms with Crippen molar-refractivity contribution >= 4 is 23.2 Å². The highest BCUT2D eigenvalue weighted by Crippen LogP contribution is 2.34. The summed E-state index contributed by atoms with van der Waals surface area (Å²) < 4.78 is 5.67. The number of carbonyl (C=O) groups is 1. The van der Waals surface area contributed by atoms with Crippen LogP contribution in [0.1, 0.15) is 59.3 Å². The summed E-state index contributed by atoms with van der Waals surface area (Å²) in [5, 5.41) is 7.93. The number of hydrogen-bond donors (Lipinski definition) is 2. The third-order valence-corrected chi connectivity index (χ3v) is 6.66. The number of piperidine rings is 1. The first-order valence-electron chi connectivity index (χ1n) is 10.7. The molecule has 2 unspecified atom stereocenters. The van der Waals surface area contributed by atoms with E-state index in [1.54, 1.807) is 0 Å². The zero-order valence-corrected chi connectivity index (χ0v) is 17.9. The molecule has 0 aliphatic carbocycles. The van der Waals surface area contributed by atoms with Crippen LogP contribution in [0.15, 0.2) is 0 Å². The lowest BCUT2D eigenvalue weighted by Gasteiger charge is -2.45. The number of ether oxygens (including phenoxy) is 1. The molecule has 6 nitrogen and oxygen atoms in total. The minimum Gasteiger partial charge on any atom is -0.376 e. The van der Waals surface area contributed by atoms with Gasteiger partial charge in [-0.05, 0) is 37.4 Å². The van der Waals surface area contributed by atoms with Gasteiger partial charge in [-0.1, -0.05) is 27.2 Å². The highest BCUT2D eigenvalue weighted by Gasteiger charge is 2.51. The van der Waals surface area contributed by atoms with Crippen molar-refractivity contribution < 1.29 is 9.53 Å². The van der Waals surface area contributed by atoms with Gasteiger partial charge in [-0.2, -0.15) is 0 Å². The van der Waals surface area contributed by atoms with Crippen molar-refractivity contribution in [3.63, 3.8) is 0 Å². The van der Waals surface area contributed by atoms with Crippen molar-refractivity contribution in [2.45, 2.75) is 77.1 Å². The molecule has 3 fully saturated rings. The number of likely N-dealkylation sites (tertiary alicyclic amines) is 1. The van der Waals surface area contributed by atoms with E-state index in [9.17, 15) is 4.79 Å². The minimum absolute atomic E-state index is 0.0574. The number of nitrogens with zero attached hydrogens (tertiary/aromatic N) is 2. The van der Waals surface area contributed by atoms with Crippen LogP contribution in [-0.4, -0.2) is 71.4 Å². The van der Waals surface area contributed by atoms with E-state index in [1.807, 2.05) is 0 Å². The first-order valence-corrected chi connectivity index (χ1v) is 11.1. The maximum absolute atomic E-state index is 13.0.